The monoisotopic (exact) mass is 463 g/mol. The third-order valence-corrected chi connectivity index (χ3v) is 5.82. The number of hydrogen-bond acceptors (Lipinski definition) is 6. The first kappa shape index (κ1) is 21.9. The molecule has 0 radical (unpaired) electrons. The van der Waals surface area contributed by atoms with E-state index in [4.69, 9.17) is 5.11 Å². The van der Waals surface area contributed by atoms with Crippen LogP contribution in [0.3, 0.4) is 0 Å². The minimum Gasteiger partial charge on any atom is -0.478 e. The number of carboxylic acid groups (broad SMARTS) is 2. The maximum atomic E-state index is 13.3. The van der Waals surface area contributed by atoms with Gasteiger partial charge in [0.1, 0.15) is 17.2 Å². The van der Waals surface area contributed by atoms with E-state index < -0.39 is 29.9 Å². The molecule has 0 aliphatic heterocycles. The van der Waals surface area contributed by atoms with Gasteiger partial charge in [0.05, 0.1) is 16.5 Å². The summed E-state index contributed by atoms with van der Waals surface area (Å²) in [5.41, 5.74) is 1.22. The second-order valence-corrected chi connectivity index (χ2v) is 8.12. The number of amides is 1. The van der Waals surface area contributed by atoms with Gasteiger partial charge in [-0.05, 0) is 31.2 Å². The number of aromatic carboxylic acids is 2. The molecule has 0 saturated carbocycles. The van der Waals surface area contributed by atoms with Crippen molar-refractivity contribution >= 4 is 45.1 Å². The zero-order valence-corrected chi connectivity index (χ0v) is 18.0. The van der Waals surface area contributed by atoms with Crippen LogP contribution in [-0.2, 0) is 11.3 Å². The quantitative estimate of drug-likeness (QED) is 0.398. The molecule has 0 spiro atoms. The lowest BCUT2D eigenvalue weighted by Gasteiger charge is -2.13. The van der Waals surface area contributed by atoms with E-state index in [1.165, 1.54) is 29.6 Å². The van der Waals surface area contributed by atoms with Crippen molar-refractivity contribution in [1.82, 2.24) is 9.55 Å². The number of carbonyl (C=O) groups is 3. The first-order valence-corrected chi connectivity index (χ1v) is 10.6. The molecule has 0 atom stereocenters. The Morgan fingerprint density at radius 2 is 1.67 bits per heavy atom. The Morgan fingerprint density at radius 1 is 1.00 bits per heavy atom. The zero-order valence-electron chi connectivity index (χ0n) is 17.2. The van der Waals surface area contributed by atoms with E-state index in [-0.39, 0.29) is 27.2 Å². The van der Waals surface area contributed by atoms with E-state index in [0.29, 0.717) is 11.3 Å². The van der Waals surface area contributed by atoms with Gasteiger partial charge < -0.3 is 15.5 Å². The summed E-state index contributed by atoms with van der Waals surface area (Å²) in [5.74, 6) is -2.66. The van der Waals surface area contributed by atoms with Crippen LogP contribution in [0.2, 0.25) is 0 Å². The highest BCUT2D eigenvalue weighted by molar-refractivity contribution is 7.17. The average molecular weight is 463 g/mol. The number of aromatic nitrogens is 2. The van der Waals surface area contributed by atoms with Crippen LogP contribution in [0.5, 0.6) is 0 Å². The smallest absolute Gasteiger partial charge is 0.337 e. The summed E-state index contributed by atoms with van der Waals surface area (Å²) in [6.07, 6.45) is 0. The van der Waals surface area contributed by atoms with Crippen LogP contribution in [-0.4, -0.2) is 37.6 Å². The number of carbonyl (C=O) groups excluding carboxylic acids is 1. The van der Waals surface area contributed by atoms with Gasteiger partial charge in [-0.1, -0.05) is 29.8 Å². The number of thiophene rings is 1. The summed E-state index contributed by atoms with van der Waals surface area (Å²) in [6.45, 7) is 1.50. The van der Waals surface area contributed by atoms with Gasteiger partial charge >= 0.3 is 11.9 Å². The van der Waals surface area contributed by atoms with Crippen molar-refractivity contribution in [3.05, 3.63) is 81.0 Å². The predicted molar refractivity (Wildman–Crippen MR) is 123 cm³/mol. The molecular formula is C23H17N3O6S. The summed E-state index contributed by atoms with van der Waals surface area (Å²) in [7, 11) is 0. The van der Waals surface area contributed by atoms with E-state index in [0.717, 1.165) is 21.5 Å². The SMILES string of the molecule is Cc1ccc(-c2nc3scc(C(=O)O)c3c(=O)n2CC(=O)Nc2ccc(C(=O)O)cc2)cc1. The third-order valence-electron chi connectivity index (χ3n) is 4.95. The fourth-order valence-corrected chi connectivity index (χ4v) is 4.19. The molecule has 4 aromatic rings. The van der Waals surface area contributed by atoms with Gasteiger partial charge in [-0.2, -0.15) is 0 Å². The van der Waals surface area contributed by atoms with Crippen molar-refractivity contribution in [3.63, 3.8) is 0 Å². The van der Waals surface area contributed by atoms with Gasteiger partial charge in [-0.3, -0.25) is 14.2 Å². The summed E-state index contributed by atoms with van der Waals surface area (Å²) in [6, 6.07) is 12.8. The molecule has 0 saturated heterocycles. The fraction of sp³-hybridized carbons (Fsp3) is 0.0870. The van der Waals surface area contributed by atoms with Crippen molar-refractivity contribution in [1.29, 1.82) is 0 Å². The summed E-state index contributed by atoms with van der Waals surface area (Å²) in [5, 5.41) is 22.4. The Labute approximate surface area is 190 Å². The molecule has 0 fully saturated rings. The second kappa shape index (κ2) is 8.67. The van der Waals surface area contributed by atoms with Gasteiger partial charge in [-0.15, -0.1) is 11.3 Å². The van der Waals surface area contributed by atoms with Gasteiger partial charge in [0, 0.05) is 16.6 Å². The zero-order chi connectivity index (χ0) is 23.7. The Balaban J connectivity index is 1.76. The average Bonchev–Trinajstić information content (AvgIpc) is 3.21. The van der Waals surface area contributed by atoms with Crippen LogP contribution < -0.4 is 10.9 Å². The first-order valence-electron chi connectivity index (χ1n) is 9.70. The summed E-state index contributed by atoms with van der Waals surface area (Å²) in [4.78, 5) is 53.4. The molecule has 0 aliphatic carbocycles. The van der Waals surface area contributed by atoms with Crippen molar-refractivity contribution < 1.29 is 24.6 Å². The van der Waals surface area contributed by atoms with Crippen molar-refractivity contribution in [2.75, 3.05) is 5.32 Å². The normalized spacial score (nSPS) is 10.8. The summed E-state index contributed by atoms with van der Waals surface area (Å²) < 4.78 is 1.15. The van der Waals surface area contributed by atoms with Gasteiger partial charge in [0.15, 0.2) is 0 Å². The van der Waals surface area contributed by atoms with Gasteiger partial charge in [0.25, 0.3) is 5.56 Å². The van der Waals surface area contributed by atoms with E-state index in [2.05, 4.69) is 10.3 Å². The first-order chi connectivity index (χ1) is 15.7. The Morgan fingerprint density at radius 3 is 2.27 bits per heavy atom. The standard InChI is InChI=1S/C23H17N3O6S/c1-12-2-4-13(5-3-12)19-25-20-18(16(11-33-20)23(31)32)21(28)26(19)10-17(27)24-15-8-6-14(7-9-15)22(29)30/h2-9,11H,10H2,1H3,(H,24,27)(H,29,30)(H,31,32). The van der Waals surface area contributed by atoms with Crippen molar-refractivity contribution in [2.45, 2.75) is 13.5 Å². The van der Waals surface area contributed by atoms with Crippen LogP contribution in [0, 0.1) is 6.92 Å². The second-order valence-electron chi connectivity index (χ2n) is 7.26. The van der Waals surface area contributed by atoms with Crippen molar-refractivity contribution in [3.8, 4) is 11.4 Å². The molecule has 1 amide bonds. The lowest BCUT2D eigenvalue weighted by atomic mass is 10.1. The van der Waals surface area contributed by atoms with Gasteiger partial charge in [-0.25, -0.2) is 14.6 Å². The minimum atomic E-state index is -1.25. The Bertz CT molecular complexity index is 1450. The van der Waals surface area contributed by atoms with E-state index in [9.17, 15) is 24.3 Å². The number of benzene rings is 2. The predicted octanol–water partition coefficient (Wildman–Crippen LogP) is 3.47. The topological polar surface area (TPSA) is 139 Å². The number of aryl methyl sites for hydroxylation is 1. The number of carboxylic acids is 2. The maximum Gasteiger partial charge on any atom is 0.337 e. The van der Waals surface area contributed by atoms with Crippen LogP contribution >= 0.6 is 11.3 Å². The Kier molecular flexibility index (Phi) is 5.76. The molecule has 9 nitrogen and oxygen atoms in total. The largest absolute Gasteiger partial charge is 0.478 e. The molecule has 2 aromatic carbocycles. The number of nitrogens with zero attached hydrogens (tertiary/aromatic N) is 2. The molecule has 0 aliphatic rings. The highest BCUT2D eigenvalue weighted by Gasteiger charge is 2.21. The highest BCUT2D eigenvalue weighted by Crippen LogP contribution is 2.26. The lowest BCUT2D eigenvalue weighted by Crippen LogP contribution is -2.30. The molecule has 2 aromatic heterocycles. The number of anilines is 1. The number of fused-ring (bicyclic) bond motifs is 1. The van der Waals surface area contributed by atoms with Crippen LogP contribution in [0.4, 0.5) is 5.69 Å². The van der Waals surface area contributed by atoms with Crippen molar-refractivity contribution in [2.24, 2.45) is 0 Å². The van der Waals surface area contributed by atoms with Crippen LogP contribution in [0.15, 0.2) is 58.7 Å². The molecule has 4 rings (SSSR count). The number of rotatable bonds is 6. The minimum absolute atomic E-state index is 0.0537. The van der Waals surface area contributed by atoms with E-state index >= 15 is 0 Å². The fourth-order valence-electron chi connectivity index (χ4n) is 3.29. The molecule has 3 N–H and O–H groups in total. The van der Waals surface area contributed by atoms with Crippen LogP contribution in [0.25, 0.3) is 21.6 Å². The molecule has 0 unspecified atom stereocenters. The molecular weight excluding hydrogens is 446 g/mol. The molecule has 33 heavy (non-hydrogen) atoms. The van der Waals surface area contributed by atoms with E-state index in [1.54, 1.807) is 12.1 Å². The Hall–Kier alpha value is -4.31. The highest BCUT2D eigenvalue weighted by atomic mass is 32.1. The maximum absolute atomic E-state index is 13.3. The van der Waals surface area contributed by atoms with Crippen LogP contribution in [0.1, 0.15) is 26.3 Å². The third kappa shape index (κ3) is 4.37. The molecule has 10 heteroatoms. The lowest BCUT2D eigenvalue weighted by molar-refractivity contribution is -0.116. The number of hydrogen-bond donors (Lipinski definition) is 3. The molecule has 2 heterocycles. The van der Waals surface area contributed by atoms with E-state index in [1.807, 2.05) is 19.1 Å². The molecule has 0 bridgehead atoms. The summed E-state index contributed by atoms with van der Waals surface area (Å²) >= 11 is 1.05. The molecule has 166 valence electrons. The number of nitrogens with one attached hydrogen (secondary N) is 1. The van der Waals surface area contributed by atoms with Gasteiger partial charge in [0.2, 0.25) is 5.91 Å².